The van der Waals surface area contributed by atoms with Gasteiger partial charge in [-0.3, -0.25) is 19.0 Å². The van der Waals surface area contributed by atoms with Crippen molar-refractivity contribution in [3.63, 3.8) is 0 Å². The smallest absolute Gasteiger partial charge is 0.262 e. The summed E-state index contributed by atoms with van der Waals surface area (Å²) >= 11 is 1.25. The van der Waals surface area contributed by atoms with Gasteiger partial charge in [0.2, 0.25) is 11.8 Å². The lowest BCUT2D eigenvalue weighted by Gasteiger charge is -2.13. The minimum Gasteiger partial charge on any atom is -0.370 e. The Kier molecular flexibility index (Phi) is 8.23. The van der Waals surface area contributed by atoms with E-state index in [9.17, 15) is 14.4 Å². The monoisotopic (exact) mass is 438 g/mol. The Morgan fingerprint density at radius 1 is 1.00 bits per heavy atom. The molecule has 3 rings (SSSR count). The number of benzene rings is 2. The second kappa shape index (κ2) is 11.3. The molecular weight excluding hydrogens is 412 g/mol. The number of nitrogens with two attached hydrogens (primary N) is 1. The zero-order valence-electron chi connectivity index (χ0n) is 17.3. The van der Waals surface area contributed by atoms with Crippen LogP contribution in [0.15, 0.2) is 64.5 Å². The van der Waals surface area contributed by atoms with Gasteiger partial charge in [0, 0.05) is 19.5 Å². The number of rotatable bonds is 11. The largest absolute Gasteiger partial charge is 0.370 e. The molecule has 1 heterocycles. The fraction of sp³-hybridized carbons (Fsp3) is 0.304. The van der Waals surface area contributed by atoms with Crippen LogP contribution in [0.3, 0.4) is 0 Å². The van der Waals surface area contributed by atoms with E-state index in [4.69, 9.17) is 5.73 Å². The number of carbonyl (C=O) groups excluding carboxylic acids is 2. The number of amides is 2. The van der Waals surface area contributed by atoms with E-state index in [0.717, 1.165) is 18.4 Å². The number of para-hydroxylation sites is 1. The molecule has 0 unspecified atom stereocenters. The predicted octanol–water partition coefficient (Wildman–Crippen LogP) is 2.85. The highest BCUT2D eigenvalue weighted by molar-refractivity contribution is 7.99. The van der Waals surface area contributed by atoms with Crippen molar-refractivity contribution >= 4 is 34.5 Å². The van der Waals surface area contributed by atoms with Gasteiger partial charge in [-0.15, -0.1) is 0 Å². The summed E-state index contributed by atoms with van der Waals surface area (Å²) in [5.74, 6) is -0.272. The maximum Gasteiger partial charge on any atom is 0.262 e. The lowest BCUT2D eigenvalue weighted by Crippen LogP contribution is -2.27. The molecule has 3 aromatic rings. The van der Waals surface area contributed by atoms with Crippen molar-refractivity contribution in [2.24, 2.45) is 5.73 Å². The molecule has 0 spiro atoms. The summed E-state index contributed by atoms with van der Waals surface area (Å²) in [6.45, 7) is 0.932. The molecule has 0 aliphatic heterocycles. The SMILES string of the molecule is NC(=O)CCCCCn1c(SCC(=O)NCc2ccccc2)nc2ccccc2c1=O. The fourth-order valence-corrected chi connectivity index (χ4v) is 4.03. The Bertz CT molecular complexity index is 1100. The number of fused-ring (bicyclic) bond motifs is 1. The molecule has 0 atom stereocenters. The number of aromatic nitrogens is 2. The van der Waals surface area contributed by atoms with Gasteiger partial charge in [-0.2, -0.15) is 0 Å². The van der Waals surface area contributed by atoms with Crippen molar-refractivity contribution in [2.75, 3.05) is 5.75 Å². The third-order valence-electron chi connectivity index (χ3n) is 4.80. The molecule has 2 aromatic carbocycles. The van der Waals surface area contributed by atoms with Crippen LogP contribution in [0.5, 0.6) is 0 Å². The Morgan fingerprint density at radius 3 is 2.52 bits per heavy atom. The van der Waals surface area contributed by atoms with E-state index in [1.165, 1.54) is 11.8 Å². The van der Waals surface area contributed by atoms with Crippen LogP contribution in [0, 0.1) is 0 Å². The van der Waals surface area contributed by atoms with E-state index in [1.807, 2.05) is 42.5 Å². The van der Waals surface area contributed by atoms with Gasteiger partial charge >= 0.3 is 0 Å². The topological polar surface area (TPSA) is 107 Å². The first-order valence-electron chi connectivity index (χ1n) is 10.3. The lowest BCUT2D eigenvalue weighted by atomic mass is 10.2. The molecule has 0 bridgehead atoms. The molecule has 0 aliphatic rings. The van der Waals surface area contributed by atoms with Gasteiger partial charge in [-0.1, -0.05) is 60.6 Å². The summed E-state index contributed by atoms with van der Waals surface area (Å²) in [6, 6.07) is 16.9. The Balaban J connectivity index is 1.67. The quantitative estimate of drug-likeness (QED) is 0.272. The standard InChI is InChI=1S/C23H26N4O3S/c24-20(28)13-5-2-8-14-27-22(30)18-11-6-7-12-19(18)26-23(27)31-16-21(29)25-15-17-9-3-1-4-10-17/h1,3-4,6-7,9-12H,2,5,8,13-16H2,(H2,24,28)(H,25,29). The van der Waals surface area contributed by atoms with Gasteiger partial charge in [-0.25, -0.2) is 4.98 Å². The molecule has 0 fully saturated rings. The van der Waals surface area contributed by atoms with Gasteiger partial charge in [0.25, 0.3) is 5.56 Å². The molecule has 0 saturated heterocycles. The molecule has 0 radical (unpaired) electrons. The van der Waals surface area contributed by atoms with Crippen LogP contribution in [0.4, 0.5) is 0 Å². The van der Waals surface area contributed by atoms with Crippen LogP contribution < -0.4 is 16.6 Å². The number of thioether (sulfide) groups is 1. The number of unbranched alkanes of at least 4 members (excludes halogenated alkanes) is 2. The summed E-state index contributed by atoms with van der Waals surface area (Å²) in [7, 11) is 0. The number of nitrogens with zero attached hydrogens (tertiary/aromatic N) is 2. The van der Waals surface area contributed by atoms with Crippen molar-refractivity contribution in [3.05, 3.63) is 70.5 Å². The molecule has 0 aliphatic carbocycles. The predicted molar refractivity (Wildman–Crippen MR) is 123 cm³/mol. The van der Waals surface area contributed by atoms with Crippen LogP contribution in [0.25, 0.3) is 10.9 Å². The number of carbonyl (C=O) groups is 2. The molecular formula is C23H26N4O3S. The Morgan fingerprint density at radius 2 is 1.74 bits per heavy atom. The van der Waals surface area contributed by atoms with Crippen LogP contribution >= 0.6 is 11.8 Å². The van der Waals surface area contributed by atoms with Crippen molar-refractivity contribution in [1.82, 2.24) is 14.9 Å². The zero-order valence-corrected chi connectivity index (χ0v) is 18.1. The summed E-state index contributed by atoms with van der Waals surface area (Å²) < 4.78 is 1.63. The first-order valence-corrected chi connectivity index (χ1v) is 11.2. The average molecular weight is 439 g/mol. The van der Waals surface area contributed by atoms with Gasteiger partial charge < -0.3 is 11.1 Å². The van der Waals surface area contributed by atoms with E-state index < -0.39 is 0 Å². The molecule has 1 aromatic heterocycles. The van der Waals surface area contributed by atoms with Gasteiger partial charge in [0.1, 0.15) is 0 Å². The van der Waals surface area contributed by atoms with Crippen LogP contribution in [-0.2, 0) is 22.7 Å². The number of hydrogen-bond donors (Lipinski definition) is 2. The summed E-state index contributed by atoms with van der Waals surface area (Å²) in [4.78, 5) is 40.9. The molecule has 31 heavy (non-hydrogen) atoms. The van der Waals surface area contributed by atoms with Crippen molar-refractivity contribution in [3.8, 4) is 0 Å². The first-order chi connectivity index (χ1) is 15.0. The van der Waals surface area contributed by atoms with Gasteiger partial charge in [-0.05, 0) is 30.5 Å². The highest BCUT2D eigenvalue weighted by Crippen LogP contribution is 2.18. The third kappa shape index (κ3) is 6.68. The maximum atomic E-state index is 13.0. The van der Waals surface area contributed by atoms with Gasteiger partial charge in [0.15, 0.2) is 5.16 Å². The normalized spacial score (nSPS) is 10.8. The zero-order chi connectivity index (χ0) is 22.1. The maximum absolute atomic E-state index is 13.0. The number of primary amides is 1. The summed E-state index contributed by atoms with van der Waals surface area (Å²) in [6.07, 6.45) is 2.54. The first kappa shape index (κ1) is 22.6. The molecule has 3 N–H and O–H groups in total. The van der Waals surface area contributed by atoms with Gasteiger partial charge in [0.05, 0.1) is 16.7 Å². The molecule has 8 heteroatoms. The third-order valence-corrected chi connectivity index (χ3v) is 5.77. The number of hydrogen-bond acceptors (Lipinski definition) is 5. The van der Waals surface area contributed by atoms with Crippen LogP contribution in [0.2, 0.25) is 0 Å². The highest BCUT2D eigenvalue weighted by Gasteiger charge is 2.13. The van der Waals surface area contributed by atoms with Crippen molar-refractivity contribution in [1.29, 1.82) is 0 Å². The minimum atomic E-state index is -0.317. The average Bonchev–Trinajstić information content (AvgIpc) is 2.78. The summed E-state index contributed by atoms with van der Waals surface area (Å²) in [5.41, 5.74) is 6.70. The van der Waals surface area contributed by atoms with E-state index in [2.05, 4.69) is 10.3 Å². The second-order valence-electron chi connectivity index (χ2n) is 7.20. The Hall–Kier alpha value is -3.13. The van der Waals surface area contributed by atoms with Crippen LogP contribution in [-0.4, -0.2) is 27.1 Å². The van der Waals surface area contributed by atoms with E-state index >= 15 is 0 Å². The Labute approximate surface area is 185 Å². The van der Waals surface area contributed by atoms with Crippen molar-refractivity contribution in [2.45, 2.75) is 43.9 Å². The van der Waals surface area contributed by atoms with E-state index in [1.54, 1.807) is 16.7 Å². The van der Waals surface area contributed by atoms with E-state index in [0.29, 0.717) is 42.0 Å². The summed E-state index contributed by atoms with van der Waals surface area (Å²) in [5, 5.41) is 3.97. The van der Waals surface area contributed by atoms with Crippen molar-refractivity contribution < 1.29 is 9.59 Å². The molecule has 0 saturated carbocycles. The highest BCUT2D eigenvalue weighted by atomic mass is 32.2. The minimum absolute atomic E-state index is 0.118. The fourth-order valence-electron chi connectivity index (χ4n) is 3.18. The molecule has 162 valence electrons. The van der Waals surface area contributed by atoms with E-state index in [-0.39, 0.29) is 23.1 Å². The molecule has 2 amide bonds. The number of nitrogens with one attached hydrogen (secondary N) is 1. The lowest BCUT2D eigenvalue weighted by molar-refractivity contribution is -0.119. The van der Waals surface area contributed by atoms with Crippen LogP contribution in [0.1, 0.15) is 31.2 Å². The second-order valence-corrected chi connectivity index (χ2v) is 8.14. The molecule has 7 nitrogen and oxygen atoms in total.